The highest BCUT2D eigenvalue weighted by atomic mass is 32.2. The Morgan fingerprint density at radius 3 is 2.43 bits per heavy atom. The summed E-state index contributed by atoms with van der Waals surface area (Å²) in [6.07, 6.45) is 2.56. The van der Waals surface area contributed by atoms with Crippen LogP contribution < -0.4 is 5.73 Å². The van der Waals surface area contributed by atoms with Crippen LogP contribution in [0.4, 0.5) is 0 Å². The van der Waals surface area contributed by atoms with Crippen molar-refractivity contribution in [3.8, 4) is 0 Å². The van der Waals surface area contributed by atoms with Gasteiger partial charge in [-0.25, -0.2) is 8.42 Å². The van der Waals surface area contributed by atoms with Gasteiger partial charge in [0.2, 0.25) is 0 Å². The summed E-state index contributed by atoms with van der Waals surface area (Å²) in [5, 5.41) is 0. The molecule has 0 atom stereocenters. The Morgan fingerprint density at radius 1 is 1.33 bits per heavy atom. The summed E-state index contributed by atoms with van der Waals surface area (Å²) in [5.74, 6) is 0.928. The molecule has 1 aromatic carbocycles. The van der Waals surface area contributed by atoms with Crippen molar-refractivity contribution in [1.29, 1.82) is 0 Å². The summed E-state index contributed by atoms with van der Waals surface area (Å²) in [6, 6.07) is 6.50. The Bertz CT molecular complexity index is 593. The molecule has 6 heteroatoms. The molecule has 0 amide bonds. The fraction of sp³-hybridized carbons (Fsp3) is 0.533. The van der Waals surface area contributed by atoms with Gasteiger partial charge in [0.25, 0.3) is 0 Å². The molecule has 1 aromatic rings. The van der Waals surface area contributed by atoms with Crippen molar-refractivity contribution in [2.45, 2.75) is 24.7 Å². The molecule has 1 saturated carbocycles. The second-order valence-electron chi connectivity index (χ2n) is 5.54. The number of benzene rings is 1. The van der Waals surface area contributed by atoms with E-state index in [1.54, 1.807) is 24.3 Å². The third-order valence-corrected chi connectivity index (χ3v) is 5.78. The van der Waals surface area contributed by atoms with Gasteiger partial charge in [-0.05, 0) is 37.4 Å². The number of nitrogens with two attached hydrogens (primary N) is 1. The lowest BCUT2D eigenvalue weighted by Gasteiger charge is -2.19. The van der Waals surface area contributed by atoms with Crippen LogP contribution in [0.25, 0.3) is 0 Å². The van der Waals surface area contributed by atoms with Crippen LogP contribution in [0.3, 0.4) is 0 Å². The van der Waals surface area contributed by atoms with E-state index in [0.29, 0.717) is 17.0 Å². The Labute approximate surface area is 132 Å². The smallest absolute Gasteiger partial charge is 0.179 e. The van der Waals surface area contributed by atoms with E-state index in [4.69, 9.17) is 18.0 Å². The Hall–Kier alpha value is -0.980. The summed E-state index contributed by atoms with van der Waals surface area (Å²) in [6.45, 7) is 4.58. The molecule has 0 spiro atoms. The van der Waals surface area contributed by atoms with Crippen molar-refractivity contribution in [1.82, 2.24) is 4.90 Å². The van der Waals surface area contributed by atoms with E-state index >= 15 is 0 Å². The molecule has 0 bridgehead atoms. The molecular weight excluding hydrogens is 304 g/mol. The lowest BCUT2D eigenvalue weighted by molar-refractivity contribution is 0.292. The summed E-state index contributed by atoms with van der Waals surface area (Å²) in [7, 11) is -3.25. The van der Waals surface area contributed by atoms with Gasteiger partial charge in [0.15, 0.2) is 9.84 Å². The van der Waals surface area contributed by atoms with Gasteiger partial charge >= 0.3 is 0 Å². The molecule has 1 aliphatic rings. The zero-order valence-corrected chi connectivity index (χ0v) is 13.9. The molecule has 1 aliphatic carbocycles. The molecule has 4 nitrogen and oxygen atoms in total. The van der Waals surface area contributed by atoms with E-state index < -0.39 is 9.84 Å². The predicted molar refractivity (Wildman–Crippen MR) is 89.2 cm³/mol. The largest absolute Gasteiger partial charge is 0.389 e. The highest BCUT2D eigenvalue weighted by molar-refractivity contribution is 7.91. The first-order valence-corrected chi connectivity index (χ1v) is 9.33. The van der Waals surface area contributed by atoms with Gasteiger partial charge < -0.3 is 10.6 Å². The number of nitrogens with zero attached hydrogens (tertiary/aromatic N) is 1. The number of sulfone groups is 1. The zero-order valence-electron chi connectivity index (χ0n) is 12.3. The molecule has 0 aliphatic heterocycles. The van der Waals surface area contributed by atoms with Gasteiger partial charge in [-0.3, -0.25) is 0 Å². The standard InChI is InChI=1S/C15H22N2O2S2/c1-2-17(11-12-3-4-12)9-10-21(18,19)14-7-5-13(6-8-14)15(16)20/h5-8,12H,2-4,9-11H2,1H3,(H2,16,20). The normalized spacial score (nSPS) is 15.3. The minimum absolute atomic E-state index is 0.153. The lowest BCUT2D eigenvalue weighted by atomic mass is 10.2. The number of rotatable bonds is 8. The van der Waals surface area contributed by atoms with Crippen LogP contribution >= 0.6 is 12.2 Å². The first kappa shape index (κ1) is 16.4. The second-order valence-corrected chi connectivity index (χ2v) is 8.09. The molecule has 0 saturated heterocycles. The summed E-state index contributed by atoms with van der Waals surface area (Å²) < 4.78 is 24.7. The third kappa shape index (κ3) is 4.76. The van der Waals surface area contributed by atoms with Gasteiger partial charge in [-0.15, -0.1) is 0 Å². The van der Waals surface area contributed by atoms with Crippen molar-refractivity contribution in [2.75, 3.05) is 25.4 Å². The van der Waals surface area contributed by atoms with Crippen LogP contribution in [0, 0.1) is 5.92 Å². The number of hydrogen-bond acceptors (Lipinski definition) is 4. The van der Waals surface area contributed by atoms with Gasteiger partial charge in [0.05, 0.1) is 10.6 Å². The minimum Gasteiger partial charge on any atom is -0.389 e. The molecule has 0 unspecified atom stereocenters. The SMILES string of the molecule is CCN(CCS(=O)(=O)c1ccc(C(N)=S)cc1)CC1CC1. The Morgan fingerprint density at radius 2 is 1.95 bits per heavy atom. The Balaban J connectivity index is 1.98. The monoisotopic (exact) mass is 326 g/mol. The highest BCUT2D eigenvalue weighted by Crippen LogP contribution is 2.29. The lowest BCUT2D eigenvalue weighted by Crippen LogP contribution is -2.31. The average Bonchev–Trinajstić information content (AvgIpc) is 3.27. The van der Waals surface area contributed by atoms with Crippen LogP contribution in [-0.4, -0.2) is 43.7 Å². The predicted octanol–water partition coefficient (Wildman–Crippen LogP) is 1.83. The van der Waals surface area contributed by atoms with E-state index in [0.717, 1.165) is 19.0 Å². The zero-order chi connectivity index (χ0) is 15.5. The van der Waals surface area contributed by atoms with Crippen molar-refractivity contribution in [3.63, 3.8) is 0 Å². The van der Waals surface area contributed by atoms with Crippen molar-refractivity contribution >= 4 is 27.0 Å². The van der Waals surface area contributed by atoms with Gasteiger partial charge in [0, 0.05) is 18.7 Å². The van der Waals surface area contributed by atoms with Crippen molar-refractivity contribution < 1.29 is 8.42 Å². The minimum atomic E-state index is -3.25. The van der Waals surface area contributed by atoms with Crippen molar-refractivity contribution in [2.24, 2.45) is 11.7 Å². The molecule has 21 heavy (non-hydrogen) atoms. The fourth-order valence-corrected chi connectivity index (χ4v) is 3.66. The van der Waals surface area contributed by atoms with E-state index in [-0.39, 0.29) is 10.7 Å². The average molecular weight is 326 g/mol. The number of thiocarbonyl (C=S) groups is 1. The molecule has 0 heterocycles. The van der Waals surface area contributed by atoms with E-state index in [9.17, 15) is 8.42 Å². The highest BCUT2D eigenvalue weighted by Gasteiger charge is 2.24. The maximum atomic E-state index is 12.3. The molecular formula is C15H22N2O2S2. The first-order chi connectivity index (χ1) is 9.92. The Kier molecular flexibility index (Phi) is 5.35. The summed E-state index contributed by atoms with van der Waals surface area (Å²) in [4.78, 5) is 2.84. The first-order valence-electron chi connectivity index (χ1n) is 7.27. The van der Waals surface area contributed by atoms with Crippen LogP contribution in [-0.2, 0) is 9.84 Å². The van der Waals surface area contributed by atoms with Gasteiger partial charge in [-0.2, -0.15) is 0 Å². The molecule has 0 radical (unpaired) electrons. The molecule has 1 fully saturated rings. The fourth-order valence-electron chi connectivity index (χ4n) is 2.24. The number of hydrogen-bond donors (Lipinski definition) is 1. The molecule has 2 N–H and O–H groups in total. The van der Waals surface area contributed by atoms with Crippen LogP contribution in [0.2, 0.25) is 0 Å². The van der Waals surface area contributed by atoms with Crippen LogP contribution in [0.5, 0.6) is 0 Å². The maximum Gasteiger partial charge on any atom is 0.179 e. The molecule has 2 rings (SSSR count). The van der Waals surface area contributed by atoms with Gasteiger partial charge in [0.1, 0.15) is 4.99 Å². The van der Waals surface area contributed by atoms with Gasteiger partial charge in [-0.1, -0.05) is 31.3 Å². The maximum absolute atomic E-state index is 12.3. The van der Waals surface area contributed by atoms with E-state index in [2.05, 4.69) is 11.8 Å². The summed E-state index contributed by atoms with van der Waals surface area (Å²) in [5.41, 5.74) is 6.20. The van der Waals surface area contributed by atoms with Crippen LogP contribution in [0.15, 0.2) is 29.2 Å². The third-order valence-electron chi connectivity index (χ3n) is 3.83. The van der Waals surface area contributed by atoms with Crippen molar-refractivity contribution in [3.05, 3.63) is 29.8 Å². The van der Waals surface area contributed by atoms with E-state index in [1.165, 1.54) is 12.8 Å². The van der Waals surface area contributed by atoms with Crippen LogP contribution in [0.1, 0.15) is 25.3 Å². The topological polar surface area (TPSA) is 63.4 Å². The molecule has 0 aromatic heterocycles. The molecule has 116 valence electrons. The second kappa shape index (κ2) is 6.85. The summed E-state index contributed by atoms with van der Waals surface area (Å²) >= 11 is 4.87. The van der Waals surface area contributed by atoms with E-state index in [1.807, 2.05) is 0 Å². The quantitative estimate of drug-likeness (QED) is 0.738.